The molecular formula is C16H25N3O. The van der Waals surface area contributed by atoms with Gasteiger partial charge in [0.05, 0.1) is 0 Å². The number of hydrogen-bond donors (Lipinski definition) is 2. The maximum absolute atomic E-state index is 12.1. The Morgan fingerprint density at radius 2 is 2.05 bits per heavy atom. The molecule has 1 heterocycles. The third kappa shape index (κ3) is 4.53. The van der Waals surface area contributed by atoms with Crippen LogP contribution in [-0.4, -0.2) is 30.6 Å². The van der Waals surface area contributed by atoms with Crippen LogP contribution in [0.2, 0.25) is 0 Å². The number of carbonyl (C=O) groups excluding carboxylic acids is 1. The monoisotopic (exact) mass is 275 g/mol. The van der Waals surface area contributed by atoms with Crippen molar-refractivity contribution in [2.45, 2.75) is 39.2 Å². The van der Waals surface area contributed by atoms with Gasteiger partial charge in [0.2, 0.25) is 0 Å². The van der Waals surface area contributed by atoms with Crippen LogP contribution in [0.3, 0.4) is 0 Å². The molecule has 0 saturated carbocycles. The number of piperidine rings is 1. The van der Waals surface area contributed by atoms with Crippen LogP contribution in [0.25, 0.3) is 0 Å². The minimum Gasteiger partial charge on any atom is -0.325 e. The summed E-state index contributed by atoms with van der Waals surface area (Å²) in [6, 6.07) is 8.10. The number of nitrogens with zero attached hydrogens (tertiary/aromatic N) is 1. The summed E-state index contributed by atoms with van der Waals surface area (Å²) < 4.78 is 0. The largest absolute Gasteiger partial charge is 0.325 e. The highest BCUT2D eigenvalue weighted by Gasteiger charge is 2.16. The fraction of sp³-hybridized carbons (Fsp3) is 0.562. The molecule has 0 aromatic heterocycles. The predicted octanol–water partition coefficient (Wildman–Crippen LogP) is 3.20. The van der Waals surface area contributed by atoms with Crippen LogP contribution in [0, 0.1) is 0 Å². The van der Waals surface area contributed by atoms with Crippen molar-refractivity contribution in [3.05, 3.63) is 29.8 Å². The molecule has 2 N–H and O–H groups in total. The van der Waals surface area contributed by atoms with Gasteiger partial charge in [-0.25, -0.2) is 4.79 Å². The van der Waals surface area contributed by atoms with E-state index in [1.165, 1.54) is 12.0 Å². The number of anilines is 1. The maximum Gasteiger partial charge on any atom is 0.321 e. The molecule has 1 saturated heterocycles. The zero-order valence-corrected chi connectivity index (χ0v) is 12.3. The van der Waals surface area contributed by atoms with Crippen molar-refractivity contribution in [1.82, 2.24) is 10.2 Å². The topological polar surface area (TPSA) is 44.4 Å². The van der Waals surface area contributed by atoms with Crippen LogP contribution in [-0.2, 0) is 6.54 Å². The Hall–Kier alpha value is -1.55. The fourth-order valence-corrected chi connectivity index (χ4v) is 2.47. The van der Waals surface area contributed by atoms with Gasteiger partial charge in [-0.15, -0.1) is 0 Å². The second-order valence-corrected chi connectivity index (χ2v) is 5.36. The lowest BCUT2D eigenvalue weighted by molar-refractivity contribution is 0.200. The Morgan fingerprint density at radius 1 is 1.25 bits per heavy atom. The van der Waals surface area contributed by atoms with Crippen molar-refractivity contribution in [2.24, 2.45) is 0 Å². The van der Waals surface area contributed by atoms with Gasteiger partial charge < -0.3 is 15.5 Å². The molecule has 110 valence electrons. The molecule has 20 heavy (non-hydrogen) atoms. The summed E-state index contributed by atoms with van der Waals surface area (Å²) in [4.78, 5) is 14.0. The van der Waals surface area contributed by atoms with Crippen LogP contribution in [0.1, 0.15) is 38.2 Å². The summed E-state index contributed by atoms with van der Waals surface area (Å²) in [6.07, 6.45) is 4.61. The third-order valence-corrected chi connectivity index (χ3v) is 3.58. The van der Waals surface area contributed by atoms with Gasteiger partial charge in [-0.2, -0.15) is 0 Å². The molecule has 0 unspecified atom stereocenters. The number of nitrogens with one attached hydrogen (secondary N) is 2. The Labute approximate surface area is 121 Å². The van der Waals surface area contributed by atoms with E-state index in [4.69, 9.17) is 0 Å². The molecule has 1 aromatic rings. The summed E-state index contributed by atoms with van der Waals surface area (Å²) in [6.45, 7) is 5.78. The van der Waals surface area contributed by atoms with Crippen LogP contribution >= 0.6 is 0 Å². The zero-order chi connectivity index (χ0) is 14.2. The lowest BCUT2D eigenvalue weighted by atomic mass is 10.1. The SMILES string of the molecule is CCCNCc1cccc(NC(=O)N2CCCCC2)c1. The van der Waals surface area contributed by atoms with E-state index >= 15 is 0 Å². The first-order chi connectivity index (χ1) is 9.79. The molecule has 1 aliphatic rings. The van der Waals surface area contributed by atoms with E-state index in [-0.39, 0.29) is 6.03 Å². The van der Waals surface area contributed by atoms with Crippen molar-refractivity contribution in [1.29, 1.82) is 0 Å². The van der Waals surface area contributed by atoms with Gasteiger partial charge >= 0.3 is 6.03 Å². The number of urea groups is 1. The zero-order valence-electron chi connectivity index (χ0n) is 12.3. The molecule has 0 radical (unpaired) electrons. The van der Waals surface area contributed by atoms with Gasteiger partial charge in [0.25, 0.3) is 0 Å². The van der Waals surface area contributed by atoms with Crippen molar-refractivity contribution in [3.63, 3.8) is 0 Å². The Morgan fingerprint density at radius 3 is 2.80 bits per heavy atom. The molecular weight excluding hydrogens is 250 g/mol. The van der Waals surface area contributed by atoms with Crippen LogP contribution in [0.4, 0.5) is 10.5 Å². The van der Waals surface area contributed by atoms with Crippen LogP contribution < -0.4 is 10.6 Å². The summed E-state index contributed by atoms with van der Waals surface area (Å²) in [5, 5.41) is 6.37. The third-order valence-electron chi connectivity index (χ3n) is 3.58. The smallest absolute Gasteiger partial charge is 0.321 e. The maximum atomic E-state index is 12.1. The van der Waals surface area contributed by atoms with E-state index in [2.05, 4.69) is 23.6 Å². The van der Waals surface area contributed by atoms with Crippen LogP contribution in [0.5, 0.6) is 0 Å². The van der Waals surface area contributed by atoms with E-state index in [1.54, 1.807) is 0 Å². The Kier molecular flexibility index (Phi) is 5.87. The van der Waals surface area contributed by atoms with Gasteiger partial charge in [0.15, 0.2) is 0 Å². The lowest BCUT2D eigenvalue weighted by Crippen LogP contribution is -2.38. The second-order valence-electron chi connectivity index (χ2n) is 5.36. The first-order valence-corrected chi connectivity index (χ1v) is 7.65. The number of benzene rings is 1. The van der Waals surface area contributed by atoms with Gasteiger partial charge in [0.1, 0.15) is 0 Å². The van der Waals surface area contributed by atoms with E-state index in [9.17, 15) is 4.79 Å². The molecule has 1 fully saturated rings. The Bertz CT molecular complexity index is 427. The summed E-state index contributed by atoms with van der Waals surface area (Å²) in [7, 11) is 0. The molecule has 4 heteroatoms. The highest BCUT2D eigenvalue weighted by atomic mass is 16.2. The standard InChI is InChI=1S/C16H25N3O/c1-2-9-17-13-14-7-6-8-15(12-14)18-16(20)19-10-4-3-5-11-19/h6-8,12,17H,2-5,9-11,13H2,1H3,(H,18,20). The number of carbonyl (C=O) groups is 1. The predicted molar refractivity (Wildman–Crippen MR) is 82.9 cm³/mol. The van der Waals surface area contributed by atoms with Gasteiger partial charge in [0, 0.05) is 25.3 Å². The summed E-state index contributed by atoms with van der Waals surface area (Å²) in [5.41, 5.74) is 2.09. The lowest BCUT2D eigenvalue weighted by Gasteiger charge is -2.26. The second kappa shape index (κ2) is 7.90. The molecule has 1 aliphatic heterocycles. The van der Waals surface area contributed by atoms with E-state index < -0.39 is 0 Å². The molecule has 1 aromatic carbocycles. The average molecular weight is 275 g/mol. The molecule has 0 atom stereocenters. The van der Waals surface area contributed by atoms with Crippen molar-refractivity contribution in [2.75, 3.05) is 25.0 Å². The quantitative estimate of drug-likeness (QED) is 0.810. The van der Waals surface area contributed by atoms with E-state index in [0.717, 1.165) is 51.1 Å². The molecule has 2 rings (SSSR count). The minimum absolute atomic E-state index is 0.0309. The number of hydrogen-bond acceptors (Lipinski definition) is 2. The molecule has 4 nitrogen and oxygen atoms in total. The van der Waals surface area contributed by atoms with Crippen molar-refractivity contribution < 1.29 is 4.79 Å². The highest BCUT2D eigenvalue weighted by molar-refractivity contribution is 5.89. The van der Waals surface area contributed by atoms with E-state index in [0.29, 0.717) is 0 Å². The molecule has 0 spiro atoms. The Balaban J connectivity index is 1.88. The van der Waals surface area contributed by atoms with Crippen LogP contribution in [0.15, 0.2) is 24.3 Å². The van der Waals surface area contributed by atoms with E-state index in [1.807, 2.05) is 23.1 Å². The minimum atomic E-state index is 0.0309. The average Bonchev–Trinajstić information content (AvgIpc) is 2.49. The normalized spacial score (nSPS) is 15.2. The van der Waals surface area contributed by atoms with Gasteiger partial charge in [-0.1, -0.05) is 19.1 Å². The number of likely N-dealkylation sites (tertiary alicyclic amines) is 1. The molecule has 0 aliphatic carbocycles. The first-order valence-electron chi connectivity index (χ1n) is 7.65. The number of rotatable bonds is 5. The fourth-order valence-electron chi connectivity index (χ4n) is 2.47. The van der Waals surface area contributed by atoms with Crippen molar-refractivity contribution >= 4 is 11.7 Å². The van der Waals surface area contributed by atoms with Crippen molar-refractivity contribution in [3.8, 4) is 0 Å². The molecule has 0 bridgehead atoms. The summed E-state index contributed by atoms with van der Waals surface area (Å²) >= 11 is 0. The van der Waals surface area contributed by atoms with Gasteiger partial charge in [-0.3, -0.25) is 0 Å². The molecule has 2 amide bonds. The van der Waals surface area contributed by atoms with Gasteiger partial charge in [-0.05, 0) is 49.9 Å². The highest BCUT2D eigenvalue weighted by Crippen LogP contribution is 2.14. The number of amides is 2. The first kappa shape index (κ1) is 14.9. The summed E-state index contributed by atoms with van der Waals surface area (Å²) in [5.74, 6) is 0.